The Morgan fingerprint density at radius 3 is 2.37 bits per heavy atom. The number of rotatable bonds is 4. The lowest BCUT2D eigenvalue weighted by Gasteiger charge is -2.45. The van der Waals surface area contributed by atoms with Crippen molar-refractivity contribution in [3.8, 4) is 0 Å². The number of amides is 2. The van der Waals surface area contributed by atoms with Crippen LogP contribution in [0.3, 0.4) is 0 Å². The average molecular weight is 493 g/mol. The van der Waals surface area contributed by atoms with E-state index in [-0.39, 0.29) is 39.4 Å². The van der Waals surface area contributed by atoms with Gasteiger partial charge in [-0.15, -0.1) is 12.4 Å². The summed E-state index contributed by atoms with van der Waals surface area (Å²) in [5.41, 5.74) is 0.362. The van der Waals surface area contributed by atoms with Crippen LogP contribution in [0.1, 0.15) is 12.0 Å². The van der Waals surface area contributed by atoms with Crippen LogP contribution in [0.25, 0.3) is 0 Å². The van der Waals surface area contributed by atoms with Crippen molar-refractivity contribution in [1.82, 2.24) is 9.80 Å². The molecular weight excluding hydrogens is 468 g/mol. The van der Waals surface area contributed by atoms with Crippen molar-refractivity contribution in [2.24, 2.45) is 5.92 Å². The molecule has 0 bridgehead atoms. The third-order valence-corrected chi connectivity index (χ3v) is 6.46. The third kappa shape index (κ3) is 5.52. The Bertz CT molecular complexity index is 859. The monoisotopic (exact) mass is 491 g/mol. The molecule has 0 radical (unpaired) electrons. The topological polar surface area (TPSA) is 55.8 Å². The lowest BCUT2D eigenvalue weighted by Crippen LogP contribution is -2.55. The van der Waals surface area contributed by atoms with Crippen LogP contribution in [0.4, 0.5) is 10.5 Å². The summed E-state index contributed by atoms with van der Waals surface area (Å²) in [5, 5.41) is 15.1. The standard InChI is InChI=1S/C21H24Cl3N3O2.ClH/c1-26(2)12-15-13-27(9-8-21(15,29)14-6-4-3-5-7-14)20(28)25-16-10-17(22)19(24)18(23)11-16;/h3-7,10-11,15,29H,8-9,12-13H2,1-2H3,(H,25,28);1H. The van der Waals surface area contributed by atoms with Crippen LogP contribution >= 0.6 is 47.2 Å². The number of hydrogen-bond acceptors (Lipinski definition) is 3. The molecule has 3 rings (SSSR count). The van der Waals surface area contributed by atoms with Gasteiger partial charge in [-0.3, -0.25) is 0 Å². The van der Waals surface area contributed by atoms with Gasteiger partial charge < -0.3 is 20.2 Å². The molecule has 1 heterocycles. The second-order valence-electron chi connectivity index (χ2n) is 7.63. The van der Waals surface area contributed by atoms with Gasteiger partial charge in [0.25, 0.3) is 0 Å². The Morgan fingerprint density at radius 2 is 1.80 bits per heavy atom. The van der Waals surface area contributed by atoms with Gasteiger partial charge in [-0.25, -0.2) is 4.79 Å². The van der Waals surface area contributed by atoms with Gasteiger partial charge in [-0.05, 0) is 38.2 Å². The molecule has 1 aliphatic rings. The molecule has 0 aliphatic carbocycles. The van der Waals surface area contributed by atoms with Gasteiger partial charge in [0.15, 0.2) is 0 Å². The van der Waals surface area contributed by atoms with Gasteiger partial charge in [0, 0.05) is 31.2 Å². The molecule has 0 spiro atoms. The van der Waals surface area contributed by atoms with Crippen molar-refractivity contribution in [2.75, 3.05) is 39.0 Å². The number of aliphatic hydroxyl groups is 1. The molecule has 2 aromatic rings. The SMILES string of the molecule is CN(C)CC1CN(C(=O)Nc2cc(Cl)c(Cl)c(Cl)c2)CCC1(O)c1ccccc1.Cl. The van der Waals surface area contributed by atoms with Gasteiger partial charge in [0.1, 0.15) is 0 Å². The van der Waals surface area contributed by atoms with Gasteiger partial charge in [0.2, 0.25) is 0 Å². The highest BCUT2D eigenvalue weighted by Gasteiger charge is 2.44. The molecule has 2 atom stereocenters. The first kappa shape index (κ1) is 25.1. The summed E-state index contributed by atoms with van der Waals surface area (Å²) in [4.78, 5) is 16.6. The van der Waals surface area contributed by atoms with Crippen LogP contribution in [0.2, 0.25) is 15.1 Å². The number of anilines is 1. The Balaban J connectivity index is 0.00000320. The number of likely N-dealkylation sites (tertiary alicyclic amines) is 1. The number of hydrogen-bond donors (Lipinski definition) is 2. The van der Waals surface area contributed by atoms with Crippen LogP contribution in [0.5, 0.6) is 0 Å². The predicted octanol–water partition coefficient (Wildman–Crippen LogP) is 5.37. The van der Waals surface area contributed by atoms with Crippen LogP contribution < -0.4 is 5.32 Å². The van der Waals surface area contributed by atoms with Gasteiger partial charge in [-0.2, -0.15) is 0 Å². The summed E-state index contributed by atoms with van der Waals surface area (Å²) in [7, 11) is 3.92. The molecule has 1 fully saturated rings. The minimum Gasteiger partial charge on any atom is -0.385 e. The van der Waals surface area contributed by atoms with Crippen molar-refractivity contribution < 1.29 is 9.90 Å². The van der Waals surface area contributed by atoms with Crippen molar-refractivity contribution in [1.29, 1.82) is 0 Å². The number of nitrogens with zero attached hydrogens (tertiary/aromatic N) is 2. The molecule has 164 valence electrons. The Labute approximate surface area is 198 Å². The molecule has 9 heteroatoms. The zero-order chi connectivity index (χ0) is 21.2. The summed E-state index contributed by atoms with van der Waals surface area (Å²) >= 11 is 18.1. The van der Waals surface area contributed by atoms with E-state index in [1.165, 1.54) is 0 Å². The second-order valence-corrected chi connectivity index (χ2v) is 8.82. The Kier molecular flexibility index (Phi) is 8.69. The second kappa shape index (κ2) is 10.4. The van der Waals surface area contributed by atoms with E-state index in [4.69, 9.17) is 34.8 Å². The van der Waals surface area contributed by atoms with Gasteiger partial charge in [-0.1, -0.05) is 65.1 Å². The lowest BCUT2D eigenvalue weighted by atomic mass is 9.75. The summed E-state index contributed by atoms with van der Waals surface area (Å²) < 4.78 is 0. The van der Waals surface area contributed by atoms with E-state index in [0.717, 1.165) is 5.56 Å². The van der Waals surface area contributed by atoms with Crippen molar-refractivity contribution >= 4 is 58.9 Å². The summed E-state index contributed by atoms with van der Waals surface area (Å²) in [6.45, 7) is 1.49. The fourth-order valence-electron chi connectivity index (χ4n) is 3.79. The maximum Gasteiger partial charge on any atom is 0.321 e. The van der Waals surface area contributed by atoms with Crippen LogP contribution in [0.15, 0.2) is 42.5 Å². The summed E-state index contributed by atoms with van der Waals surface area (Å²) in [6.07, 6.45) is 0.449. The molecule has 1 aliphatic heterocycles. The molecular formula is C21H25Cl4N3O2. The van der Waals surface area contributed by atoms with Crippen LogP contribution in [0, 0.1) is 5.92 Å². The number of urea groups is 1. The number of benzene rings is 2. The van der Waals surface area contributed by atoms with E-state index in [9.17, 15) is 9.90 Å². The minimum absolute atomic E-state index is 0. The van der Waals surface area contributed by atoms with E-state index < -0.39 is 5.60 Å². The average Bonchev–Trinajstić information content (AvgIpc) is 2.68. The van der Waals surface area contributed by atoms with Crippen molar-refractivity contribution in [2.45, 2.75) is 12.0 Å². The first-order valence-electron chi connectivity index (χ1n) is 9.34. The highest BCUT2D eigenvalue weighted by atomic mass is 35.5. The first-order chi connectivity index (χ1) is 13.7. The molecule has 0 aromatic heterocycles. The van der Waals surface area contributed by atoms with E-state index in [1.807, 2.05) is 49.3 Å². The summed E-state index contributed by atoms with van der Waals surface area (Å²) in [6, 6.07) is 12.5. The predicted molar refractivity (Wildman–Crippen MR) is 126 cm³/mol. The summed E-state index contributed by atoms with van der Waals surface area (Å²) in [5.74, 6) is -0.142. The molecule has 2 unspecified atom stereocenters. The van der Waals surface area contributed by atoms with Crippen molar-refractivity contribution in [3.05, 3.63) is 63.1 Å². The van der Waals surface area contributed by atoms with E-state index in [1.54, 1.807) is 17.0 Å². The highest BCUT2D eigenvalue weighted by Crippen LogP contribution is 2.38. The van der Waals surface area contributed by atoms with Crippen LogP contribution in [-0.2, 0) is 5.60 Å². The molecule has 1 saturated heterocycles. The highest BCUT2D eigenvalue weighted by molar-refractivity contribution is 6.48. The Hall–Kier alpha value is -1.21. The van der Waals surface area contributed by atoms with Crippen molar-refractivity contribution in [3.63, 3.8) is 0 Å². The van der Waals surface area contributed by atoms with E-state index >= 15 is 0 Å². The number of halogens is 4. The fourth-order valence-corrected chi connectivity index (χ4v) is 4.39. The number of carbonyl (C=O) groups is 1. The quantitative estimate of drug-likeness (QED) is 0.564. The molecule has 0 saturated carbocycles. The maximum atomic E-state index is 12.9. The minimum atomic E-state index is -0.991. The van der Waals surface area contributed by atoms with Crippen LogP contribution in [-0.4, -0.2) is 54.7 Å². The maximum absolute atomic E-state index is 12.9. The number of piperidine rings is 1. The van der Waals surface area contributed by atoms with Gasteiger partial charge >= 0.3 is 6.03 Å². The Morgan fingerprint density at radius 1 is 1.20 bits per heavy atom. The fraction of sp³-hybridized carbons (Fsp3) is 0.381. The molecule has 2 N–H and O–H groups in total. The number of nitrogens with one attached hydrogen (secondary N) is 1. The first-order valence-corrected chi connectivity index (χ1v) is 10.5. The normalized spacial score (nSPS) is 21.3. The molecule has 5 nitrogen and oxygen atoms in total. The molecule has 2 amide bonds. The van der Waals surface area contributed by atoms with E-state index in [0.29, 0.717) is 31.7 Å². The molecule has 2 aromatic carbocycles. The van der Waals surface area contributed by atoms with Gasteiger partial charge in [0.05, 0.1) is 20.7 Å². The molecule has 30 heavy (non-hydrogen) atoms. The zero-order valence-corrected chi connectivity index (χ0v) is 19.8. The van der Waals surface area contributed by atoms with E-state index in [2.05, 4.69) is 5.32 Å². The number of carbonyl (C=O) groups excluding carboxylic acids is 1. The largest absolute Gasteiger partial charge is 0.385 e. The third-order valence-electron chi connectivity index (χ3n) is 5.26. The lowest BCUT2D eigenvalue weighted by molar-refractivity contribution is -0.0749. The zero-order valence-electron chi connectivity index (χ0n) is 16.7. The smallest absolute Gasteiger partial charge is 0.321 e.